The summed E-state index contributed by atoms with van der Waals surface area (Å²) in [6.45, 7) is 0. The minimum atomic E-state index is 0.540. The monoisotopic (exact) mass is 971 g/mol. The summed E-state index contributed by atoms with van der Waals surface area (Å²) in [6.07, 6.45) is 0. The van der Waals surface area contributed by atoms with Crippen LogP contribution in [0.3, 0.4) is 0 Å². The van der Waals surface area contributed by atoms with Gasteiger partial charge in [-0.2, -0.15) is 0 Å². The molecule has 0 N–H and O–H groups in total. The van der Waals surface area contributed by atoms with E-state index in [0.29, 0.717) is 17.5 Å². The first kappa shape index (κ1) is 42.2. The molecule has 0 saturated heterocycles. The molecule has 0 spiro atoms. The number of hydrogen-bond acceptors (Lipinski definition) is 5. The molecule has 0 unspecified atom stereocenters. The summed E-state index contributed by atoms with van der Waals surface area (Å²) in [6, 6.07) is 87.4. The maximum atomic E-state index is 6.68. The van der Waals surface area contributed by atoms with Gasteiger partial charge in [0.15, 0.2) is 17.5 Å². The normalized spacial score (nSPS) is 11.9. The number of hydrogen-bond donors (Lipinski definition) is 0. The van der Waals surface area contributed by atoms with Crippen molar-refractivity contribution in [1.29, 1.82) is 0 Å². The highest BCUT2D eigenvalue weighted by Crippen LogP contribution is 2.45. The van der Waals surface area contributed by atoms with Crippen molar-refractivity contribution in [3.05, 3.63) is 249 Å². The van der Waals surface area contributed by atoms with Gasteiger partial charge in [-0.1, -0.05) is 170 Å². The van der Waals surface area contributed by atoms with E-state index in [1.54, 1.807) is 0 Å². The summed E-state index contributed by atoms with van der Waals surface area (Å²) in [5.74, 6) is 1.66. The maximum Gasteiger partial charge on any atom is 0.164 e. The van der Waals surface area contributed by atoms with Crippen LogP contribution < -0.4 is 0 Å². The second kappa shape index (κ2) is 16.6. The lowest BCUT2D eigenvalue weighted by atomic mass is 9.96. The maximum absolute atomic E-state index is 6.68. The predicted octanol–water partition coefficient (Wildman–Crippen LogP) is 18.2. The van der Waals surface area contributed by atoms with Gasteiger partial charge in [0.05, 0.1) is 22.1 Å². The molecule has 16 aromatic rings. The Hall–Kier alpha value is -10.4. The van der Waals surface area contributed by atoms with Gasteiger partial charge >= 0.3 is 0 Å². The highest BCUT2D eigenvalue weighted by molar-refractivity contribution is 6.24. The van der Waals surface area contributed by atoms with Crippen molar-refractivity contribution in [3.63, 3.8) is 0 Å². The van der Waals surface area contributed by atoms with Crippen molar-refractivity contribution in [2.45, 2.75) is 0 Å². The third-order valence-corrected chi connectivity index (χ3v) is 15.1. The lowest BCUT2D eigenvalue weighted by Gasteiger charge is -2.12. The zero-order chi connectivity index (χ0) is 49.8. The van der Waals surface area contributed by atoms with E-state index in [4.69, 9.17) is 23.8 Å². The molecule has 5 aromatic heterocycles. The van der Waals surface area contributed by atoms with Crippen molar-refractivity contribution < 1.29 is 8.83 Å². The molecule has 0 radical (unpaired) electrons. The second-order valence-corrected chi connectivity index (χ2v) is 19.5. The molecule has 0 fully saturated rings. The van der Waals surface area contributed by atoms with Gasteiger partial charge in [0.2, 0.25) is 0 Å². The zero-order valence-electron chi connectivity index (χ0n) is 40.7. The van der Waals surface area contributed by atoms with Crippen LogP contribution in [0.2, 0.25) is 0 Å². The summed E-state index contributed by atoms with van der Waals surface area (Å²) >= 11 is 0. The van der Waals surface area contributed by atoms with Gasteiger partial charge in [0.1, 0.15) is 22.3 Å². The van der Waals surface area contributed by atoms with Gasteiger partial charge in [-0.25, -0.2) is 15.0 Å². The summed E-state index contributed by atoms with van der Waals surface area (Å²) in [7, 11) is 0. The number of aromatic nitrogens is 5. The van der Waals surface area contributed by atoms with Crippen LogP contribution in [-0.2, 0) is 0 Å². The Morgan fingerprint density at radius 3 is 1.50 bits per heavy atom. The van der Waals surface area contributed by atoms with Crippen molar-refractivity contribution in [2.24, 2.45) is 0 Å². The van der Waals surface area contributed by atoms with Crippen molar-refractivity contribution in [3.8, 4) is 67.8 Å². The molecule has 0 aliphatic rings. The molecule has 0 bridgehead atoms. The fraction of sp³-hybridized carbons (Fsp3) is 0. The van der Waals surface area contributed by atoms with Crippen LogP contribution in [0, 0.1) is 0 Å². The van der Waals surface area contributed by atoms with Gasteiger partial charge in [-0.05, 0) is 101 Å². The largest absolute Gasteiger partial charge is 0.456 e. The molecule has 11 aromatic carbocycles. The van der Waals surface area contributed by atoms with E-state index < -0.39 is 0 Å². The first-order valence-corrected chi connectivity index (χ1v) is 25.6. The summed E-state index contributed by atoms with van der Waals surface area (Å²) < 4.78 is 18.1. The van der Waals surface area contributed by atoms with Crippen LogP contribution >= 0.6 is 0 Å². The third kappa shape index (κ3) is 6.46. The minimum Gasteiger partial charge on any atom is -0.456 e. The zero-order valence-corrected chi connectivity index (χ0v) is 40.7. The number of benzene rings is 11. The Morgan fingerprint density at radius 2 is 0.776 bits per heavy atom. The average molecular weight is 972 g/mol. The topological polar surface area (TPSA) is 74.8 Å². The lowest BCUT2D eigenvalue weighted by Crippen LogP contribution is -2.00. The Balaban J connectivity index is 0.897. The standard InChI is InChI=1S/C69H41N5O2/c1-5-18-42(19-6-1)54-40-46(41-62-63(54)52-27-14-16-30-59(52)76-62)68-70-67(43-20-7-2-8-21-43)71-69(72-68)53-28-17-31-61-64(53)56-39-45(33-37-60(56)75-61)44-32-36-58-55(38-44)51-35-34-50-49-26-13-15-29-57(49)73(47-22-9-3-10-23-47)65(50)66(51)74(58)48-24-11-4-12-25-48/h1-41H. The van der Waals surface area contributed by atoms with Crippen molar-refractivity contribution >= 4 is 87.5 Å². The fourth-order valence-electron chi connectivity index (χ4n) is 11.8. The molecule has 7 nitrogen and oxygen atoms in total. The molecule has 354 valence electrons. The molecule has 7 heteroatoms. The Morgan fingerprint density at radius 1 is 0.263 bits per heavy atom. The molecule has 0 aliphatic carbocycles. The number of rotatable bonds is 7. The molecular formula is C69H41N5O2. The second-order valence-electron chi connectivity index (χ2n) is 19.5. The number of fused-ring (bicyclic) bond motifs is 13. The molecular weight excluding hydrogens is 931 g/mol. The quantitative estimate of drug-likeness (QED) is 0.159. The summed E-state index contributed by atoms with van der Waals surface area (Å²) in [5.41, 5.74) is 16.9. The molecule has 76 heavy (non-hydrogen) atoms. The van der Waals surface area contributed by atoms with Crippen LogP contribution in [-0.4, -0.2) is 24.1 Å². The molecule has 5 heterocycles. The van der Waals surface area contributed by atoms with Gasteiger partial charge in [0.25, 0.3) is 0 Å². The highest BCUT2D eigenvalue weighted by Gasteiger charge is 2.24. The van der Waals surface area contributed by atoms with Crippen LogP contribution in [0.15, 0.2) is 258 Å². The Labute approximate surface area is 434 Å². The van der Waals surface area contributed by atoms with Crippen LogP contribution in [0.5, 0.6) is 0 Å². The van der Waals surface area contributed by atoms with E-state index in [1.807, 2.05) is 60.7 Å². The highest BCUT2D eigenvalue weighted by atomic mass is 16.3. The van der Waals surface area contributed by atoms with E-state index in [2.05, 4.69) is 197 Å². The summed E-state index contributed by atoms with van der Waals surface area (Å²) in [4.78, 5) is 15.8. The third-order valence-electron chi connectivity index (χ3n) is 15.1. The van der Waals surface area contributed by atoms with E-state index in [1.165, 1.54) is 32.6 Å². The van der Waals surface area contributed by atoms with Crippen LogP contribution in [0.1, 0.15) is 0 Å². The van der Waals surface area contributed by atoms with Crippen molar-refractivity contribution in [2.75, 3.05) is 0 Å². The van der Waals surface area contributed by atoms with Gasteiger partial charge < -0.3 is 18.0 Å². The predicted molar refractivity (Wildman–Crippen MR) is 310 cm³/mol. The van der Waals surface area contributed by atoms with Gasteiger partial charge in [-0.15, -0.1) is 0 Å². The van der Waals surface area contributed by atoms with Gasteiger partial charge in [0, 0.05) is 71.2 Å². The molecule has 0 saturated carbocycles. The van der Waals surface area contributed by atoms with E-state index in [-0.39, 0.29) is 0 Å². The summed E-state index contributed by atoms with van der Waals surface area (Å²) in [5, 5.41) is 8.81. The molecule has 0 aliphatic heterocycles. The van der Waals surface area contributed by atoms with Crippen LogP contribution in [0.4, 0.5) is 0 Å². The lowest BCUT2D eigenvalue weighted by molar-refractivity contribution is 0.668. The van der Waals surface area contributed by atoms with Crippen molar-refractivity contribution in [1.82, 2.24) is 24.1 Å². The number of para-hydroxylation sites is 4. The van der Waals surface area contributed by atoms with E-state index >= 15 is 0 Å². The average Bonchev–Trinajstić information content (AvgIpc) is 4.38. The fourth-order valence-corrected chi connectivity index (χ4v) is 11.8. The van der Waals surface area contributed by atoms with Crippen LogP contribution in [0.25, 0.3) is 155 Å². The molecule has 16 rings (SSSR count). The number of furan rings is 2. The Bertz CT molecular complexity index is 4980. The van der Waals surface area contributed by atoms with E-state index in [0.717, 1.165) is 105 Å². The first-order valence-electron chi connectivity index (χ1n) is 25.6. The van der Waals surface area contributed by atoms with E-state index in [9.17, 15) is 0 Å². The molecule has 0 amide bonds. The minimum absolute atomic E-state index is 0.540. The smallest absolute Gasteiger partial charge is 0.164 e. The SMILES string of the molecule is c1ccc(-c2nc(-c3cc(-c4ccccc4)c4c(c3)oc3ccccc34)nc(-c3cccc4oc5ccc(-c6ccc7c(c6)c6ccc8c9ccccc9n(-c9ccccc9)c8c6n7-c6ccccc6)cc5c34)n2)cc1. The number of nitrogens with zero attached hydrogens (tertiary/aromatic N) is 5. The van der Waals surface area contributed by atoms with Gasteiger partial charge in [-0.3, -0.25) is 0 Å². The molecule has 0 atom stereocenters. The Kier molecular flexibility index (Phi) is 9.20. The first-order chi connectivity index (χ1) is 37.7.